The molecule has 0 rings (SSSR count). The van der Waals surface area contributed by atoms with E-state index >= 15 is 0 Å². The van der Waals surface area contributed by atoms with Crippen molar-refractivity contribution in [3.8, 4) is 0 Å². The Hall–Kier alpha value is 1.66. The molecule has 0 saturated carbocycles. The van der Waals surface area contributed by atoms with Gasteiger partial charge in [-0.2, -0.15) is 0 Å². The van der Waals surface area contributed by atoms with Gasteiger partial charge in [-0.05, 0) is 24.7 Å². The third kappa shape index (κ3) is 15.0. The predicted molar refractivity (Wildman–Crippen MR) is 87.2 cm³/mol. The molecule has 122 valence electrons. The summed E-state index contributed by atoms with van der Waals surface area (Å²) >= 11 is 0. The Morgan fingerprint density at radius 3 is 1.52 bits per heavy atom. The normalized spacial score (nSPS) is 14.4. The van der Waals surface area contributed by atoms with Crippen molar-refractivity contribution >= 4 is 8.25 Å². The summed E-state index contributed by atoms with van der Waals surface area (Å²) in [6, 6.07) is 0. The molecule has 21 heavy (non-hydrogen) atoms. The third-order valence-electron chi connectivity index (χ3n) is 3.92. The number of rotatable bonds is 14. The Kier molecular flexibility index (Phi) is 21.3. The minimum Gasteiger partial charge on any atom is -1.00 e. The van der Waals surface area contributed by atoms with E-state index in [1.807, 2.05) is 0 Å². The van der Waals surface area contributed by atoms with Crippen molar-refractivity contribution in [2.24, 2.45) is 11.8 Å². The smallest absolute Gasteiger partial charge is 1.00 e. The minimum atomic E-state index is -1.94. The van der Waals surface area contributed by atoms with E-state index in [2.05, 4.69) is 27.7 Å². The molecule has 0 aromatic rings. The van der Waals surface area contributed by atoms with Crippen LogP contribution in [0.1, 0.15) is 80.5 Å². The van der Waals surface area contributed by atoms with Gasteiger partial charge in [-0.15, -0.1) is 9.05 Å². The SMILES string of the molecule is CCCCC(CC)CO[P+](=O)OCC(CC)CCCC.[H-].[K+]. The van der Waals surface area contributed by atoms with E-state index < -0.39 is 8.25 Å². The molecule has 0 aliphatic heterocycles. The zero-order valence-corrected chi connectivity index (χ0v) is 18.9. The Morgan fingerprint density at radius 2 is 1.24 bits per heavy atom. The van der Waals surface area contributed by atoms with Gasteiger partial charge in [0, 0.05) is 4.57 Å². The molecular formula is C16H35KO3P+. The van der Waals surface area contributed by atoms with Crippen LogP contribution in [0.2, 0.25) is 0 Å². The predicted octanol–water partition coefficient (Wildman–Crippen LogP) is 3.23. The molecule has 0 aliphatic carbocycles. The Labute approximate surface area is 177 Å². The van der Waals surface area contributed by atoms with Gasteiger partial charge in [-0.1, -0.05) is 66.2 Å². The standard InChI is InChI=1S/C16H34O3P.K.H/c1-5-9-11-15(7-3)13-18-20(17)19-14-16(8-4)12-10-6-2;;/h15-16H,5-14H2,1-4H3;;/q2*+1;-1. The van der Waals surface area contributed by atoms with Gasteiger partial charge in [0.2, 0.25) is 0 Å². The fourth-order valence-corrected chi connectivity index (χ4v) is 2.91. The average molecular weight is 346 g/mol. The van der Waals surface area contributed by atoms with Gasteiger partial charge in [0.15, 0.2) is 0 Å². The maximum atomic E-state index is 11.7. The fraction of sp³-hybridized carbons (Fsp3) is 1.00. The number of hydrogen-bond acceptors (Lipinski definition) is 3. The third-order valence-corrected chi connectivity index (χ3v) is 4.64. The second-order valence-corrected chi connectivity index (χ2v) is 6.61. The molecule has 0 bridgehead atoms. The first-order valence-corrected chi connectivity index (χ1v) is 9.50. The molecule has 5 heteroatoms. The summed E-state index contributed by atoms with van der Waals surface area (Å²) in [5, 5.41) is 0. The van der Waals surface area contributed by atoms with E-state index in [-0.39, 0.29) is 52.8 Å². The van der Waals surface area contributed by atoms with Crippen LogP contribution in [0.5, 0.6) is 0 Å². The Bertz CT molecular complexity index is 223. The van der Waals surface area contributed by atoms with Crippen molar-refractivity contribution in [1.29, 1.82) is 0 Å². The summed E-state index contributed by atoms with van der Waals surface area (Å²) in [6.45, 7) is 9.84. The molecule has 0 heterocycles. The van der Waals surface area contributed by atoms with Crippen molar-refractivity contribution in [3.05, 3.63) is 0 Å². The van der Waals surface area contributed by atoms with Crippen molar-refractivity contribution in [2.45, 2.75) is 79.1 Å². The van der Waals surface area contributed by atoms with Gasteiger partial charge in [-0.3, -0.25) is 0 Å². The summed E-state index contributed by atoms with van der Waals surface area (Å²) in [6.07, 6.45) is 9.31. The molecule has 0 aromatic carbocycles. The van der Waals surface area contributed by atoms with Crippen molar-refractivity contribution < 1.29 is 66.4 Å². The van der Waals surface area contributed by atoms with Gasteiger partial charge >= 0.3 is 59.6 Å². The molecular weight excluding hydrogens is 310 g/mol. The van der Waals surface area contributed by atoms with Crippen LogP contribution in [0.4, 0.5) is 0 Å². The van der Waals surface area contributed by atoms with Gasteiger partial charge in [-0.25, -0.2) is 0 Å². The second-order valence-electron chi connectivity index (χ2n) is 5.65. The molecule has 3 nitrogen and oxygen atoms in total. The topological polar surface area (TPSA) is 35.5 Å². The van der Waals surface area contributed by atoms with Crippen LogP contribution < -0.4 is 51.4 Å². The minimum absolute atomic E-state index is 0. The molecule has 0 saturated heterocycles. The van der Waals surface area contributed by atoms with E-state index in [1.165, 1.54) is 25.7 Å². The average Bonchev–Trinajstić information content (AvgIpc) is 2.47. The van der Waals surface area contributed by atoms with Crippen molar-refractivity contribution in [2.75, 3.05) is 13.2 Å². The fourth-order valence-electron chi connectivity index (χ4n) is 2.17. The summed E-state index contributed by atoms with van der Waals surface area (Å²) in [7, 11) is -1.94. The van der Waals surface area contributed by atoms with E-state index in [0.717, 1.165) is 25.7 Å². The van der Waals surface area contributed by atoms with E-state index in [4.69, 9.17) is 9.05 Å². The van der Waals surface area contributed by atoms with Crippen molar-refractivity contribution in [3.63, 3.8) is 0 Å². The van der Waals surface area contributed by atoms with E-state index in [1.54, 1.807) is 0 Å². The van der Waals surface area contributed by atoms with Gasteiger partial charge < -0.3 is 1.43 Å². The first-order valence-electron chi connectivity index (χ1n) is 8.40. The Morgan fingerprint density at radius 1 is 0.857 bits per heavy atom. The van der Waals surface area contributed by atoms with E-state index in [0.29, 0.717) is 25.0 Å². The summed E-state index contributed by atoms with van der Waals surface area (Å²) < 4.78 is 22.5. The Balaban J connectivity index is -0.00000180. The molecule has 0 aliphatic rings. The van der Waals surface area contributed by atoms with Crippen LogP contribution >= 0.6 is 8.25 Å². The first kappa shape index (κ1) is 24.9. The molecule has 2 atom stereocenters. The molecule has 0 spiro atoms. The van der Waals surface area contributed by atoms with Crippen LogP contribution in [-0.2, 0) is 13.6 Å². The van der Waals surface area contributed by atoms with Crippen LogP contribution in [0.3, 0.4) is 0 Å². The zero-order chi connectivity index (χ0) is 15.2. The first-order chi connectivity index (χ1) is 9.67. The summed E-state index contributed by atoms with van der Waals surface area (Å²) in [5.74, 6) is 1.03. The molecule has 0 radical (unpaired) electrons. The van der Waals surface area contributed by atoms with Crippen LogP contribution in [-0.4, -0.2) is 13.2 Å². The van der Waals surface area contributed by atoms with Crippen LogP contribution in [0.15, 0.2) is 0 Å². The molecule has 0 fully saturated rings. The molecule has 2 unspecified atom stereocenters. The maximum Gasteiger partial charge on any atom is 1.00 e. The monoisotopic (exact) mass is 345 g/mol. The van der Waals surface area contributed by atoms with Gasteiger partial charge in [0.1, 0.15) is 13.2 Å². The van der Waals surface area contributed by atoms with Gasteiger partial charge in [0.25, 0.3) is 0 Å². The van der Waals surface area contributed by atoms with Crippen LogP contribution in [0.25, 0.3) is 0 Å². The number of hydrogen-bond donors (Lipinski definition) is 0. The maximum absolute atomic E-state index is 11.7. The van der Waals surface area contributed by atoms with E-state index in [9.17, 15) is 4.57 Å². The second kappa shape index (κ2) is 18.0. The van der Waals surface area contributed by atoms with Crippen LogP contribution in [0, 0.1) is 11.8 Å². The van der Waals surface area contributed by atoms with Gasteiger partial charge in [0.05, 0.1) is 0 Å². The quantitative estimate of drug-likeness (QED) is 0.358. The molecule has 0 amide bonds. The molecule has 0 N–H and O–H groups in total. The zero-order valence-electron chi connectivity index (χ0n) is 15.9. The largest absolute Gasteiger partial charge is 1.00 e. The summed E-state index contributed by atoms with van der Waals surface area (Å²) in [4.78, 5) is 0. The summed E-state index contributed by atoms with van der Waals surface area (Å²) in [5.41, 5.74) is 0. The molecule has 0 aromatic heterocycles. The number of unbranched alkanes of at least 4 members (excludes halogenated alkanes) is 2. The van der Waals surface area contributed by atoms with Crippen molar-refractivity contribution in [1.82, 2.24) is 0 Å².